The summed E-state index contributed by atoms with van der Waals surface area (Å²) in [5.74, 6) is 0.592. The summed E-state index contributed by atoms with van der Waals surface area (Å²) in [6, 6.07) is 9.73. The number of rotatable bonds is 2. The number of carbonyl (C=O) groups excluding carboxylic acids is 1. The molecule has 1 aliphatic rings. The van der Waals surface area contributed by atoms with Crippen LogP contribution in [0, 0.1) is 0 Å². The van der Waals surface area contributed by atoms with E-state index in [1.54, 1.807) is 12.3 Å². The lowest BCUT2D eigenvalue weighted by molar-refractivity contribution is -0.118. The van der Waals surface area contributed by atoms with Crippen molar-refractivity contribution >= 4 is 11.7 Å². The van der Waals surface area contributed by atoms with Gasteiger partial charge in [-0.1, -0.05) is 24.3 Å². The van der Waals surface area contributed by atoms with Crippen molar-refractivity contribution in [2.75, 3.05) is 5.32 Å². The fourth-order valence-electron chi connectivity index (χ4n) is 2.19. The Morgan fingerprint density at radius 1 is 1.28 bits per heavy atom. The van der Waals surface area contributed by atoms with Gasteiger partial charge in [-0.3, -0.25) is 9.89 Å². The van der Waals surface area contributed by atoms with Gasteiger partial charge in [0.05, 0.1) is 12.2 Å². The first-order valence-corrected chi connectivity index (χ1v) is 5.93. The SMILES string of the molecule is O=C(Nc1ccn[nH]1)[C@@H]1Cc2ccccc2CN1. The number of amides is 1. The third-order valence-corrected chi connectivity index (χ3v) is 3.16. The maximum atomic E-state index is 12.1. The van der Waals surface area contributed by atoms with Gasteiger partial charge in [0.2, 0.25) is 5.91 Å². The molecule has 0 saturated carbocycles. The van der Waals surface area contributed by atoms with Gasteiger partial charge in [-0.25, -0.2) is 0 Å². The van der Waals surface area contributed by atoms with Crippen molar-refractivity contribution in [2.45, 2.75) is 19.0 Å². The molecule has 0 unspecified atom stereocenters. The second kappa shape index (κ2) is 4.62. The monoisotopic (exact) mass is 242 g/mol. The predicted octanol–water partition coefficient (Wildman–Crippen LogP) is 1.06. The van der Waals surface area contributed by atoms with Crippen LogP contribution in [0.2, 0.25) is 0 Å². The standard InChI is InChI=1S/C13H14N4O/c18-13(16-12-5-6-15-17-12)11-7-9-3-1-2-4-10(9)8-14-11/h1-6,11,14H,7-8H2,(H2,15,16,17,18)/t11-/m0/s1. The Morgan fingerprint density at radius 3 is 2.89 bits per heavy atom. The lowest BCUT2D eigenvalue weighted by atomic mass is 9.95. The topological polar surface area (TPSA) is 69.8 Å². The molecule has 1 aliphatic heterocycles. The Bertz CT molecular complexity index is 550. The minimum atomic E-state index is -0.191. The van der Waals surface area contributed by atoms with Crippen LogP contribution in [0.1, 0.15) is 11.1 Å². The minimum absolute atomic E-state index is 0.0336. The zero-order valence-electron chi connectivity index (χ0n) is 9.81. The van der Waals surface area contributed by atoms with E-state index in [0.29, 0.717) is 5.82 Å². The molecule has 3 N–H and O–H groups in total. The first-order valence-electron chi connectivity index (χ1n) is 5.93. The molecule has 5 heteroatoms. The van der Waals surface area contributed by atoms with Crippen molar-refractivity contribution in [2.24, 2.45) is 0 Å². The highest BCUT2D eigenvalue weighted by molar-refractivity contribution is 5.94. The Labute approximate surface area is 105 Å². The van der Waals surface area contributed by atoms with Gasteiger partial charge in [-0.2, -0.15) is 5.10 Å². The van der Waals surface area contributed by atoms with Crippen molar-refractivity contribution in [3.05, 3.63) is 47.7 Å². The van der Waals surface area contributed by atoms with E-state index in [1.165, 1.54) is 11.1 Å². The van der Waals surface area contributed by atoms with Crippen molar-refractivity contribution in [1.29, 1.82) is 0 Å². The molecule has 3 rings (SSSR count). The molecule has 0 bridgehead atoms. The van der Waals surface area contributed by atoms with Crippen LogP contribution < -0.4 is 10.6 Å². The number of aromatic nitrogens is 2. The van der Waals surface area contributed by atoms with Gasteiger partial charge in [0.15, 0.2) is 0 Å². The first-order chi connectivity index (χ1) is 8.83. The molecule has 1 atom stereocenters. The molecule has 1 aromatic heterocycles. The molecule has 0 fully saturated rings. The Kier molecular flexibility index (Phi) is 2.82. The summed E-state index contributed by atoms with van der Waals surface area (Å²) in [5.41, 5.74) is 2.50. The van der Waals surface area contributed by atoms with Gasteiger partial charge in [0.25, 0.3) is 0 Å². The van der Waals surface area contributed by atoms with Gasteiger partial charge < -0.3 is 10.6 Å². The third-order valence-electron chi connectivity index (χ3n) is 3.16. The Hall–Kier alpha value is -2.14. The van der Waals surface area contributed by atoms with E-state index >= 15 is 0 Å². The van der Waals surface area contributed by atoms with E-state index in [1.807, 2.05) is 12.1 Å². The molecule has 0 radical (unpaired) electrons. The van der Waals surface area contributed by atoms with Crippen LogP contribution in [0.3, 0.4) is 0 Å². The molecule has 2 aromatic rings. The number of anilines is 1. The van der Waals surface area contributed by atoms with Crippen LogP contribution in [-0.4, -0.2) is 22.1 Å². The summed E-state index contributed by atoms with van der Waals surface area (Å²) >= 11 is 0. The first kappa shape index (κ1) is 11.0. The number of fused-ring (bicyclic) bond motifs is 1. The fraction of sp³-hybridized carbons (Fsp3) is 0.231. The number of nitrogens with zero attached hydrogens (tertiary/aromatic N) is 1. The normalized spacial score (nSPS) is 18.1. The van der Waals surface area contributed by atoms with Gasteiger partial charge in [0.1, 0.15) is 5.82 Å². The van der Waals surface area contributed by atoms with E-state index in [0.717, 1.165) is 13.0 Å². The summed E-state index contributed by atoms with van der Waals surface area (Å²) < 4.78 is 0. The van der Waals surface area contributed by atoms with Gasteiger partial charge in [0, 0.05) is 12.6 Å². The van der Waals surface area contributed by atoms with E-state index in [9.17, 15) is 4.79 Å². The fourth-order valence-corrected chi connectivity index (χ4v) is 2.19. The van der Waals surface area contributed by atoms with E-state index in [-0.39, 0.29) is 11.9 Å². The zero-order valence-corrected chi connectivity index (χ0v) is 9.81. The molecule has 18 heavy (non-hydrogen) atoms. The number of nitrogens with one attached hydrogen (secondary N) is 3. The van der Waals surface area contributed by atoms with Crippen molar-refractivity contribution in [3.63, 3.8) is 0 Å². The smallest absolute Gasteiger partial charge is 0.243 e. The van der Waals surface area contributed by atoms with E-state index in [2.05, 4.69) is 33.0 Å². The predicted molar refractivity (Wildman–Crippen MR) is 68.0 cm³/mol. The number of hydrogen-bond donors (Lipinski definition) is 3. The third kappa shape index (κ3) is 2.12. The summed E-state index contributed by atoms with van der Waals surface area (Å²) in [5, 5.41) is 12.6. The molecule has 92 valence electrons. The molecule has 5 nitrogen and oxygen atoms in total. The molecule has 0 spiro atoms. The molecular weight excluding hydrogens is 228 g/mol. The summed E-state index contributed by atoms with van der Waals surface area (Å²) in [4.78, 5) is 12.1. The Morgan fingerprint density at radius 2 is 2.11 bits per heavy atom. The average Bonchev–Trinajstić information content (AvgIpc) is 2.91. The van der Waals surface area contributed by atoms with Crippen molar-refractivity contribution in [1.82, 2.24) is 15.5 Å². The number of benzene rings is 1. The van der Waals surface area contributed by atoms with Crippen molar-refractivity contribution in [3.8, 4) is 0 Å². The molecule has 0 aliphatic carbocycles. The lowest BCUT2D eigenvalue weighted by Gasteiger charge is -2.24. The van der Waals surface area contributed by atoms with Gasteiger partial charge >= 0.3 is 0 Å². The number of H-pyrrole nitrogens is 1. The van der Waals surface area contributed by atoms with Crippen molar-refractivity contribution < 1.29 is 4.79 Å². The lowest BCUT2D eigenvalue weighted by Crippen LogP contribution is -2.44. The highest BCUT2D eigenvalue weighted by atomic mass is 16.2. The van der Waals surface area contributed by atoms with Crippen LogP contribution in [0.4, 0.5) is 5.82 Å². The van der Waals surface area contributed by atoms with E-state index < -0.39 is 0 Å². The molecule has 0 saturated heterocycles. The van der Waals surface area contributed by atoms with Gasteiger partial charge in [-0.15, -0.1) is 0 Å². The van der Waals surface area contributed by atoms with Gasteiger partial charge in [-0.05, 0) is 17.5 Å². The summed E-state index contributed by atoms with van der Waals surface area (Å²) in [6.45, 7) is 0.733. The van der Waals surface area contributed by atoms with Crippen LogP contribution in [-0.2, 0) is 17.8 Å². The largest absolute Gasteiger partial charge is 0.310 e. The maximum Gasteiger partial charge on any atom is 0.243 e. The summed E-state index contributed by atoms with van der Waals surface area (Å²) in [7, 11) is 0. The highest BCUT2D eigenvalue weighted by Crippen LogP contribution is 2.16. The zero-order chi connectivity index (χ0) is 12.4. The molecule has 2 heterocycles. The van der Waals surface area contributed by atoms with Crippen LogP contribution >= 0.6 is 0 Å². The maximum absolute atomic E-state index is 12.1. The minimum Gasteiger partial charge on any atom is -0.310 e. The van der Waals surface area contributed by atoms with E-state index in [4.69, 9.17) is 0 Å². The van der Waals surface area contributed by atoms with Crippen LogP contribution in [0.15, 0.2) is 36.5 Å². The highest BCUT2D eigenvalue weighted by Gasteiger charge is 2.23. The number of hydrogen-bond acceptors (Lipinski definition) is 3. The second-order valence-electron chi connectivity index (χ2n) is 4.37. The van der Waals surface area contributed by atoms with Crippen LogP contribution in [0.25, 0.3) is 0 Å². The average molecular weight is 242 g/mol. The number of carbonyl (C=O) groups is 1. The number of aromatic amines is 1. The molecular formula is C13H14N4O. The molecule has 1 amide bonds. The Balaban J connectivity index is 1.70. The second-order valence-corrected chi connectivity index (χ2v) is 4.37. The van der Waals surface area contributed by atoms with Crippen LogP contribution in [0.5, 0.6) is 0 Å². The quantitative estimate of drug-likeness (QED) is 0.737. The molecule has 1 aromatic carbocycles. The summed E-state index contributed by atoms with van der Waals surface area (Å²) in [6.07, 6.45) is 2.33.